The molecule has 3 N–H and O–H groups in total. The summed E-state index contributed by atoms with van der Waals surface area (Å²) in [5.41, 5.74) is 6.56. The molecule has 0 radical (unpaired) electrons. The molecule has 26 heavy (non-hydrogen) atoms. The van der Waals surface area contributed by atoms with Crippen molar-refractivity contribution in [1.29, 1.82) is 0 Å². The van der Waals surface area contributed by atoms with Crippen molar-refractivity contribution >= 4 is 29.3 Å². The van der Waals surface area contributed by atoms with Crippen LogP contribution in [0, 0.1) is 0 Å². The highest BCUT2D eigenvalue weighted by Gasteiger charge is 2.10. The van der Waals surface area contributed by atoms with Crippen LogP contribution in [0.5, 0.6) is 5.75 Å². The van der Waals surface area contributed by atoms with Crippen molar-refractivity contribution in [1.82, 2.24) is 29.7 Å². The number of allylic oxidation sites excluding steroid dienone is 1. The van der Waals surface area contributed by atoms with Crippen LogP contribution in [-0.2, 0) is 12.3 Å². The molecule has 3 rings (SSSR count). The molecule has 0 unspecified atom stereocenters. The lowest BCUT2D eigenvalue weighted by Crippen LogP contribution is -2.07. The van der Waals surface area contributed by atoms with E-state index in [2.05, 4.69) is 37.0 Å². The standard InChI is InChI=1S/C16H18N8OS/c1-3-8-24-10-18-23-16(24)26-9-13-20-14(17)22-15(21-13)19-11-6-4-5-7-12(11)25-2/h3-7,10H,1,8-9H2,2H3,(H3,17,19,20,21,22). The minimum absolute atomic E-state index is 0.139. The maximum absolute atomic E-state index is 5.82. The van der Waals surface area contributed by atoms with Crippen LogP contribution >= 0.6 is 11.8 Å². The quantitative estimate of drug-likeness (QED) is 0.455. The Balaban J connectivity index is 1.75. The van der Waals surface area contributed by atoms with E-state index in [-0.39, 0.29) is 5.95 Å². The Morgan fingerprint density at radius 3 is 2.96 bits per heavy atom. The Hall–Kier alpha value is -3.14. The van der Waals surface area contributed by atoms with E-state index < -0.39 is 0 Å². The topological polar surface area (TPSA) is 117 Å². The molecule has 0 amide bonds. The largest absolute Gasteiger partial charge is 0.495 e. The van der Waals surface area contributed by atoms with Crippen molar-refractivity contribution in [2.24, 2.45) is 0 Å². The number of nitrogen functional groups attached to an aromatic ring is 1. The Kier molecular flexibility index (Phi) is 5.64. The molecule has 9 nitrogen and oxygen atoms in total. The normalized spacial score (nSPS) is 10.5. The first kappa shape index (κ1) is 17.7. The van der Waals surface area contributed by atoms with E-state index in [1.165, 1.54) is 11.8 Å². The summed E-state index contributed by atoms with van der Waals surface area (Å²) in [7, 11) is 1.60. The molecule has 0 atom stereocenters. The molecule has 10 heteroatoms. The molecule has 0 aliphatic carbocycles. The van der Waals surface area contributed by atoms with Gasteiger partial charge in [0.15, 0.2) is 5.16 Å². The minimum atomic E-state index is 0.139. The van der Waals surface area contributed by atoms with Crippen molar-refractivity contribution < 1.29 is 4.74 Å². The van der Waals surface area contributed by atoms with E-state index in [1.807, 2.05) is 28.8 Å². The SMILES string of the molecule is C=CCn1cnnc1SCc1nc(N)nc(Nc2ccccc2OC)n1. The number of nitrogens with two attached hydrogens (primary N) is 1. The third-order valence-electron chi connectivity index (χ3n) is 3.29. The van der Waals surface area contributed by atoms with Gasteiger partial charge in [0.1, 0.15) is 17.9 Å². The molecule has 0 saturated carbocycles. The lowest BCUT2D eigenvalue weighted by molar-refractivity contribution is 0.417. The summed E-state index contributed by atoms with van der Waals surface area (Å²) in [6.07, 6.45) is 3.43. The van der Waals surface area contributed by atoms with Crippen LogP contribution < -0.4 is 15.8 Å². The van der Waals surface area contributed by atoms with Crippen molar-refractivity contribution in [3.63, 3.8) is 0 Å². The van der Waals surface area contributed by atoms with Gasteiger partial charge in [0.25, 0.3) is 0 Å². The Bertz CT molecular complexity index is 897. The summed E-state index contributed by atoms with van der Waals surface area (Å²) < 4.78 is 7.20. The molecule has 0 aliphatic heterocycles. The number of nitrogens with zero attached hydrogens (tertiary/aromatic N) is 6. The summed E-state index contributed by atoms with van der Waals surface area (Å²) in [5.74, 6) is 2.18. The van der Waals surface area contributed by atoms with E-state index in [9.17, 15) is 0 Å². The van der Waals surface area contributed by atoms with Crippen LogP contribution in [0.2, 0.25) is 0 Å². The molecule has 0 fully saturated rings. The third kappa shape index (κ3) is 4.28. The first-order chi connectivity index (χ1) is 12.7. The fourth-order valence-electron chi connectivity index (χ4n) is 2.18. The van der Waals surface area contributed by atoms with Gasteiger partial charge in [0, 0.05) is 6.54 Å². The predicted octanol–water partition coefficient (Wildman–Crippen LogP) is 2.28. The Labute approximate surface area is 154 Å². The number of nitrogens with one attached hydrogen (secondary N) is 1. The summed E-state index contributed by atoms with van der Waals surface area (Å²) in [6, 6.07) is 7.48. The summed E-state index contributed by atoms with van der Waals surface area (Å²) >= 11 is 1.46. The van der Waals surface area contributed by atoms with E-state index in [1.54, 1.807) is 19.5 Å². The van der Waals surface area contributed by atoms with Gasteiger partial charge >= 0.3 is 0 Å². The monoisotopic (exact) mass is 370 g/mol. The fourth-order valence-corrected chi connectivity index (χ4v) is 2.96. The maximum Gasteiger partial charge on any atom is 0.232 e. The highest BCUT2D eigenvalue weighted by Crippen LogP contribution is 2.26. The van der Waals surface area contributed by atoms with E-state index >= 15 is 0 Å². The van der Waals surface area contributed by atoms with Gasteiger partial charge in [-0.2, -0.15) is 15.0 Å². The average Bonchev–Trinajstić information content (AvgIpc) is 3.07. The van der Waals surface area contributed by atoms with Crippen LogP contribution in [0.1, 0.15) is 5.82 Å². The number of para-hydroxylation sites is 2. The van der Waals surface area contributed by atoms with Crippen LogP contribution in [-0.4, -0.2) is 36.8 Å². The first-order valence-electron chi connectivity index (χ1n) is 7.71. The van der Waals surface area contributed by atoms with E-state index in [4.69, 9.17) is 10.5 Å². The summed E-state index contributed by atoms with van der Waals surface area (Å²) in [5, 5.41) is 11.8. The zero-order valence-electron chi connectivity index (χ0n) is 14.2. The van der Waals surface area contributed by atoms with Gasteiger partial charge in [-0.3, -0.25) is 0 Å². The Morgan fingerprint density at radius 1 is 1.31 bits per heavy atom. The summed E-state index contributed by atoms with van der Waals surface area (Å²) in [6.45, 7) is 4.35. The smallest absolute Gasteiger partial charge is 0.232 e. The number of hydrogen-bond acceptors (Lipinski definition) is 9. The van der Waals surface area contributed by atoms with Crippen molar-refractivity contribution in [3.8, 4) is 5.75 Å². The number of aromatic nitrogens is 6. The fraction of sp³-hybridized carbons (Fsp3) is 0.188. The van der Waals surface area contributed by atoms with Crippen LogP contribution in [0.15, 0.2) is 48.4 Å². The van der Waals surface area contributed by atoms with Crippen LogP contribution in [0.4, 0.5) is 17.6 Å². The highest BCUT2D eigenvalue weighted by molar-refractivity contribution is 7.98. The van der Waals surface area contributed by atoms with Gasteiger partial charge in [0.05, 0.1) is 18.6 Å². The third-order valence-corrected chi connectivity index (χ3v) is 4.27. The first-order valence-corrected chi connectivity index (χ1v) is 8.70. The predicted molar refractivity (Wildman–Crippen MR) is 100 cm³/mol. The zero-order valence-corrected chi connectivity index (χ0v) is 15.0. The summed E-state index contributed by atoms with van der Waals surface area (Å²) in [4.78, 5) is 12.7. The molecule has 2 aromatic heterocycles. The number of hydrogen-bond donors (Lipinski definition) is 2. The molecule has 0 bridgehead atoms. The van der Waals surface area contributed by atoms with Crippen molar-refractivity contribution in [3.05, 3.63) is 49.1 Å². The van der Waals surface area contributed by atoms with Crippen LogP contribution in [0.25, 0.3) is 0 Å². The lowest BCUT2D eigenvalue weighted by atomic mass is 10.3. The number of benzene rings is 1. The number of anilines is 3. The van der Waals surface area contributed by atoms with Gasteiger partial charge in [-0.15, -0.1) is 16.8 Å². The van der Waals surface area contributed by atoms with Gasteiger partial charge in [0.2, 0.25) is 11.9 Å². The number of methoxy groups -OCH3 is 1. The molecule has 0 aliphatic rings. The van der Waals surface area contributed by atoms with Crippen molar-refractivity contribution in [2.75, 3.05) is 18.2 Å². The Morgan fingerprint density at radius 2 is 2.15 bits per heavy atom. The molecule has 1 aromatic carbocycles. The molecular weight excluding hydrogens is 352 g/mol. The second kappa shape index (κ2) is 8.30. The van der Waals surface area contributed by atoms with E-state index in [0.717, 1.165) is 10.8 Å². The highest BCUT2D eigenvalue weighted by atomic mass is 32.2. The van der Waals surface area contributed by atoms with Gasteiger partial charge < -0.3 is 20.4 Å². The van der Waals surface area contributed by atoms with Gasteiger partial charge in [-0.25, -0.2) is 0 Å². The van der Waals surface area contributed by atoms with Gasteiger partial charge in [-0.05, 0) is 12.1 Å². The number of ether oxygens (including phenoxy) is 1. The van der Waals surface area contributed by atoms with E-state index in [0.29, 0.717) is 29.8 Å². The van der Waals surface area contributed by atoms with Crippen LogP contribution in [0.3, 0.4) is 0 Å². The zero-order chi connectivity index (χ0) is 18.4. The molecule has 134 valence electrons. The molecular formula is C16H18N8OS. The second-order valence-electron chi connectivity index (χ2n) is 5.10. The molecule has 0 saturated heterocycles. The number of thioether (sulfide) groups is 1. The lowest BCUT2D eigenvalue weighted by Gasteiger charge is -2.10. The molecule has 0 spiro atoms. The minimum Gasteiger partial charge on any atom is -0.495 e. The second-order valence-corrected chi connectivity index (χ2v) is 6.04. The average molecular weight is 370 g/mol. The van der Waals surface area contributed by atoms with Crippen molar-refractivity contribution in [2.45, 2.75) is 17.5 Å². The maximum atomic E-state index is 5.82. The molecule has 2 heterocycles. The van der Waals surface area contributed by atoms with Gasteiger partial charge in [-0.1, -0.05) is 30.0 Å². The number of rotatable bonds is 8. The molecule has 3 aromatic rings.